The predicted octanol–water partition coefficient (Wildman–Crippen LogP) is 2.94. The van der Waals surface area contributed by atoms with E-state index in [-0.39, 0.29) is 0 Å². The van der Waals surface area contributed by atoms with Crippen LogP contribution in [0.1, 0.15) is 33.6 Å². The monoisotopic (exact) mass is 214 g/mol. The van der Waals surface area contributed by atoms with Gasteiger partial charge in [0.15, 0.2) is 8.32 Å². The topological polar surface area (TPSA) is 21.8 Å². The minimum absolute atomic E-state index is 0.334. The van der Waals surface area contributed by atoms with Gasteiger partial charge in [0.2, 0.25) is 0 Å². The summed E-state index contributed by atoms with van der Waals surface area (Å²) in [5.41, 5.74) is 0. The van der Waals surface area contributed by atoms with Crippen molar-refractivity contribution in [3.8, 4) is 0 Å². The molecule has 0 amide bonds. The van der Waals surface area contributed by atoms with Crippen LogP contribution in [0, 0.1) is 0 Å². The molecular formula is C11H22O2Si. The van der Waals surface area contributed by atoms with Gasteiger partial charge < -0.3 is 9.16 Å². The quantitative estimate of drug-likeness (QED) is 0.521. The molecule has 0 spiro atoms. The summed E-state index contributed by atoms with van der Waals surface area (Å²) < 4.78 is 11.7. The van der Waals surface area contributed by atoms with E-state index in [9.17, 15) is 0 Å². The Labute approximate surface area is 88.1 Å². The summed E-state index contributed by atoms with van der Waals surface area (Å²) in [6.07, 6.45) is 3.85. The molecule has 0 aromatic heterocycles. The molecule has 0 bridgehead atoms. The van der Waals surface area contributed by atoms with Crippen molar-refractivity contribution in [2.45, 2.75) is 70.1 Å². The van der Waals surface area contributed by atoms with E-state index >= 15 is 0 Å². The first kappa shape index (κ1) is 10.6. The Balaban J connectivity index is 1.90. The van der Waals surface area contributed by atoms with Crippen LogP contribution in [0.15, 0.2) is 0 Å². The summed E-state index contributed by atoms with van der Waals surface area (Å²) >= 11 is 0. The number of ether oxygens (including phenoxy) is 1. The average molecular weight is 214 g/mol. The van der Waals surface area contributed by atoms with Crippen molar-refractivity contribution in [3.05, 3.63) is 0 Å². The van der Waals surface area contributed by atoms with Crippen LogP contribution in [-0.4, -0.2) is 26.6 Å². The summed E-state index contributed by atoms with van der Waals surface area (Å²) in [5, 5.41) is 0.334. The minimum Gasteiger partial charge on any atom is -0.414 e. The SMILES string of the molecule is CC(C)(C)[Si](C)(C)OC1CC2O[C@H]2C1. The number of hydrogen-bond donors (Lipinski definition) is 0. The zero-order valence-corrected chi connectivity index (χ0v) is 11.0. The molecule has 1 aliphatic carbocycles. The Hall–Kier alpha value is 0.137. The highest BCUT2D eigenvalue weighted by Crippen LogP contribution is 2.44. The molecule has 2 nitrogen and oxygen atoms in total. The number of hydrogen-bond acceptors (Lipinski definition) is 2. The van der Waals surface area contributed by atoms with E-state index in [4.69, 9.17) is 9.16 Å². The van der Waals surface area contributed by atoms with Gasteiger partial charge in [0.25, 0.3) is 0 Å². The molecule has 0 aromatic carbocycles. The molecule has 2 aliphatic rings. The molecule has 2 rings (SSSR count). The maximum Gasteiger partial charge on any atom is 0.192 e. The third-order valence-corrected chi connectivity index (χ3v) is 8.48. The lowest BCUT2D eigenvalue weighted by atomic mass is 10.2. The molecule has 0 aromatic rings. The van der Waals surface area contributed by atoms with Gasteiger partial charge in [-0.25, -0.2) is 0 Å². The van der Waals surface area contributed by atoms with E-state index in [0.717, 1.165) is 12.8 Å². The Bertz CT molecular complexity index is 222. The molecule has 1 aliphatic heterocycles. The van der Waals surface area contributed by atoms with E-state index in [2.05, 4.69) is 33.9 Å². The highest BCUT2D eigenvalue weighted by atomic mass is 28.4. The molecule has 82 valence electrons. The van der Waals surface area contributed by atoms with Crippen LogP contribution in [0.2, 0.25) is 18.1 Å². The van der Waals surface area contributed by atoms with Crippen LogP contribution in [-0.2, 0) is 9.16 Å². The molecule has 2 fully saturated rings. The van der Waals surface area contributed by atoms with E-state index in [1.54, 1.807) is 0 Å². The standard InChI is InChI=1S/C11H22O2Si/c1-11(2,3)14(4,5)13-8-6-9-10(7-8)12-9/h8-10H,6-7H2,1-5H3/t8?,9-,10?/m0/s1. The highest BCUT2D eigenvalue weighted by Gasteiger charge is 2.50. The van der Waals surface area contributed by atoms with Crippen molar-refractivity contribution < 1.29 is 9.16 Å². The fourth-order valence-corrected chi connectivity index (χ4v) is 3.28. The molecule has 0 radical (unpaired) electrons. The van der Waals surface area contributed by atoms with Crippen molar-refractivity contribution in [2.75, 3.05) is 0 Å². The van der Waals surface area contributed by atoms with Crippen molar-refractivity contribution >= 4 is 8.32 Å². The van der Waals surface area contributed by atoms with E-state index in [0.29, 0.717) is 23.4 Å². The van der Waals surface area contributed by atoms with Gasteiger partial charge in [-0.05, 0) is 18.1 Å². The number of rotatable bonds is 2. The van der Waals surface area contributed by atoms with Crippen molar-refractivity contribution in [3.63, 3.8) is 0 Å². The lowest BCUT2D eigenvalue weighted by Gasteiger charge is -2.38. The van der Waals surface area contributed by atoms with Crippen LogP contribution in [0.4, 0.5) is 0 Å². The fraction of sp³-hybridized carbons (Fsp3) is 1.00. The van der Waals surface area contributed by atoms with Crippen LogP contribution >= 0.6 is 0 Å². The molecule has 3 atom stereocenters. The molecular weight excluding hydrogens is 192 g/mol. The second kappa shape index (κ2) is 3.06. The lowest BCUT2D eigenvalue weighted by molar-refractivity contribution is 0.136. The molecule has 3 heteroatoms. The van der Waals surface area contributed by atoms with E-state index in [1.165, 1.54) is 0 Å². The summed E-state index contributed by atoms with van der Waals surface area (Å²) in [6.45, 7) is 11.6. The first-order chi connectivity index (χ1) is 6.29. The second-order valence-corrected chi connectivity index (χ2v) is 10.9. The zero-order chi connectivity index (χ0) is 10.6. The summed E-state index contributed by atoms with van der Waals surface area (Å²) in [6, 6.07) is 0. The third-order valence-electron chi connectivity index (χ3n) is 3.95. The number of epoxide rings is 1. The van der Waals surface area contributed by atoms with Crippen molar-refractivity contribution in [2.24, 2.45) is 0 Å². The molecule has 1 saturated heterocycles. The number of fused-ring (bicyclic) bond motifs is 1. The van der Waals surface area contributed by atoms with E-state index < -0.39 is 8.32 Å². The third kappa shape index (κ3) is 1.90. The molecule has 0 N–H and O–H groups in total. The fourth-order valence-electron chi connectivity index (χ4n) is 1.90. The Morgan fingerprint density at radius 1 is 1.14 bits per heavy atom. The van der Waals surface area contributed by atoms with Gasteiger partial charge in [-0.2, -0.15) is 0 Å². The first-order valence-corrected chi connectivity index (χ1v) is 8.54. The predicted molar refractivity (Wildman–Crippen MR) is 60.0 cm³/mol. The van der Waals surface area contributed by atoms with Crippen LogP contribution in [0.3, 0.4) is 0 Å². The Morgan fingerprint density at radius 3 is 2.07 bits per heavy atom. The summed E-state index contributed by atoms with van der Waals surface area (Å²) in [7, 11) is -1.53. The maximum atomic E-state index is 6.32. The van der Waals surface area contributed by atoms with Gasteiger partial charge in [0.1, 0.15) is 0 Å². The average Bonchev–Trinajstić information content (AvgIpc) is 2.56. The van der Waals surface area contributed by atoms with Gasteiger partial charge in [0.05, 0.1) is 18.3 Å². The molecule has 1 heterocycles. The smallest absolute Gasteiger partial charge is 0.192 e. The van der Waals surface area contributed by atoms with Gasteiger partial charge in [0, 0.05) is 12.8 Å². The largest absolute Gasteiger partial charge is 0.414 e. The second-order valence-electron chi connectivity index (χ2n) is 6.18. The highest BCUT2D eigenvalue weighted by molar-refractivity contribution is 6.74. The van der Waals surface area contributed by atoms with Gasteiger partial charge in [-0.15, -0.1) is 0 Å². The first-order valence-electron chi connectivity index (χ1n) is 5.63. The Kier molecular flexibility index (Phi) is 2.33. The zero-order valence-electron chi connectivity index (χ0n) is 9.96. The molecule has 14 heavy (non-hydrogen) atoms. The molecule has 1 saturated carbocycles. The van der Waals surface area contributed by atoms with Crippen LogP contribution in [0.5, 0.6) is 0 Å². The van der Waals surface area contributed by atoms with Gasteiger partial charge in [-0.1, -0.05) is 20.8 Å². The summed E-state index contributed by atoms with van der Waals surface area (Å²) in [5.74, 6) is 0. The molecule has 2 unspecified atom stereocenters. The normalized spacial score (nSPS) is 37.1. The van der Waals surface area contributed by atoms with E-state index in [1.807, 2.05) is 0 Å². The maximum absolute atomic E-state index is 6.32. The van der Waals surface area contributed by atoms with Crippen LogP contribution in [0.25, 0.3) is 0 Å². The van der Waals surface area contributed by atoms with Crippen LogP contribution < -0.4 is 0 Å². The lowest BCUT2D eigenvalue weighted by Crippen LogP contribution is -2.43. The van der Waals surface area contributed by atoms with Gasteiger partial charge in [-0.3, -0.25) is 0 Å². The Morgan fingerprint density at radius 2 is 1.64 bits per heavy atom. The summed E-state index contributed by atoms with van der Waals surface area (Å²) in [4.78, 5) is 0. The van der Waals surface area contributed by atoms with Crippen molar-refractivity contribution in [1.82, 2.24) is 0 Å². The minimum atomic E-state index is -1.53. The van der Waals surface area contributed by atoms with Crippen molar-refractivity contribution in [1.29, 1.82) is 0 Å². The van der Waals surface area contributed by atoms with Gasteiger partial charge >= 0.3 is 0 Å².